The van der Waals surface area contributed by atoms with Crippen molar-refractivity contribution in [3.63, 3.8) is 0 Å². The van der Waals surface area contributed by atoms with Crippen LogP contribution in [0.5, 0.6) is 0 Å². The molecule has 6 heteroatoms. The van der Waals surface area contributed by atoms with Gasteiger partial charge in [-0.1, -0.05) is 12.1 Å². The highest BCUT2D eigenvalue weighted by molar-refractivity contribution is 7.90. The van der Waals surface area contributed by atoms with Crippen LogP contribution >= 0.6 is 0 Å². The zero-order chi connectivity index (χ0) is 16.6. The molecule has 0 fully saturated rings. The number of rotatable bonds is 3. The van der Waals surface area contributed by atoms with E-state index in [0.29, 0.717) is 36.5 Å². The number of hydrogen-bond acceptors (Lipinski definition) is 3. The lowest BCUT2D eigenvalue weighted by Crippen LogP contribution is -2.30. The smallest absolute Gasteiger partial charge is 0.175 e. The molecule has 0 aliphatic carbocycles. The molecular weight excluding hydrogens is 320 g/mol. The molecule has 122 valence electrons. The fourth-order valence-corrected chi connectivity index (χ4v) is 3.52. The lowest BCUT2D eigenvalue weighted by atomic mass is 9.99. The van der Waals surface area contributed by atoms with Crippen LogP contribution in [0, 0.1) is 11.6 Å². The van der Waals surface area contributed by atoms with E-state index in [1.165, 1.54) is 18.4 Å². The van der Waals surface area contributed by atoms with Crippen molar-refractivity contribution in [1.29, 1.82) is 0 Å². The van der Waals surface area contributed by atoms with Crippen LogP contribution in [0.2, 0.25) is 0 Å². The van der Waals surface area contributed by atoms with Gasteiger partial charge in [-0.3, -0.25) is 4.90 Å². The molecule has 0 N–H and O–H groups in total. The Labute approximate surface area is 134 Å². The highest BCUT2D eigenvalue weighted by Gasteiger charge is 2.19. The Morgan fingerprint density at radius 2 is 1.87 bits per heavy atom. The number of fused-ring (bicyclic) bond motifs is 1. The van der Waals surface area contributed by atoms with Crippen LogP contribution in [0.3, 0.4) is 0 Å². The molecule has 1 aliphatic rings. The van der Waals surface area contributed by atoms with E-state index in [-0.39, 0.29) is 0 Å². The first-order valence-electron chi connectivity index (χ1n) is 7.31. The molecule has 0 unspecified atom stereocenters. The zero-order valence-corrected chi connectivity index (χ0v) is 13.5. The molecule has 3 nitrogen and oxygen atoms in total. The minimum atomic E-state index is -3.21. The van der Waals surface area contributed by atoms with E-state index < -0.39 is 21.5 Å². The number of hydrogen-bond donors (Lipinski definition) is 0. The molecule has 3 rings (SSSR count). The first-order valence-corrected chi connectivity index (χ1v) is 9.20. The van der Waals surface area contributed by atoms with Gasteiger partial charge in [-0.2, -0.15) is 0 Å². The molecule has 0 saturated carbocycles. The molecule has 2 aromatic carbocycles. The molecule has 0 atom stereocenters. The largest absolute Gasteiger partial charge is 0.294 e. The highest BCUT2D eigenvalue weighted by atomic mass is 32.2. The summed E-state index contributed by atoms with van der Waals surface area (Å²) in [5.41, 5.74) is 2.53. The van der Waals surface area contributed by atoms with E-state index in [4.69, 9.17) is 0 Å². The quantitative estimate of drug-likeness (QED) is 0.864. The second-order valence-electron chi connectivity index (χ2n) is 5.90. The molecule has 0 saturated heterocycles. The van der Waals surface area contributed by atoms with Gasteiger partial charge in [-0.15, -0.1) is 0 Å². The van der Waals surface area contributed by atoms with Gasteiger partial charge in [0, 0.05) is 37.5 Å². The molecule has 0 spiro atoms. The molecular formula is C17H17F2NO2S. The second kappa shape index (κ2) is 6.02. The van der Waals surface area contributed by atoms with Gasteiger partial charge in [-0.25, -0.2) is 17.2 Å². The number of benzene rings is 2. The Morgan fingerprint density at radius 1 is 1.09 bits per heavy atom. The monoisotopic (exact) mass is 337 g/mol. The molecule has 1 aliphatic heterocycles. The predicted molar refractivity (Wildman–Crippen MR) is 83.7 cm³/mol. The lowest BCUT2D eigenvalue weighted by Gasteiger charge is -2.29. The Kier molecular flexibility index (Phi) is 4.21. The highest BCUT2D eigenvalue weighted by Crippen LogP contribution is 2.24. The van der Waals surface area contributed by atoms with Crippen molar-refractivity contribution >= 4 is 9.84 Å². The van der Waals surface area contributed by atoms with Crippen LogP contribution in [-0.4, -0.2) is 26.1 Å². The van der Waals surface area contributed by atoms with E-state index in [1.54, 1.807) is 12.1 Å². The SMILES string of the molecule is CS(=O)(=O)c1ccc2c(c1)CCN(Cc1ccc(F)cc1F)C2. The van der Waals surface area contributed by atoms with Crippen LogP contribution in [0.4, 0.5) is 8.78 Å². The average Bonchev–Trinajstić information content (AvgIpc) is 2.48. The van der Waals surface area contributed by atoms with Crippen LogP contribution in [-0.2, 0) is 29.3 Å². The molecule has 0 bridgehead atoms. The average molecular weight is 337 g/mol. The van der Waals surface area contributed by atoms with Crippen molar-refractivity contribution in [3.8, 4) is 0 Å². The molecule has 0 radical (unpaired) electrons. The summed E-state index contributed by atoms with van der Waals surface area (Å²) < 4.78 is 49.9. The standard InChI is InChI=1S/C17H17F2NO2S/c1-23(21,22)16-5-3-13-10-20(7-6-12(13)8-16)11-14-2-4-15(18)9-17(14)19/h2-5,8-9H,6-7,10-11H2,1H3. The molecule has 2 aromatic rings. The van der Waals surface area contributed by atoms with E-state index >= 15 is 0 Å². The third kappa shape index (κ3) is 3.59. The third-order valence-corrected chi connectivity index (χ3v) is 5.22. The van der Waals surface area contributed by atoms with Gasteiger partial charge in [-0.05, 0) is 35.7 Å². The Hall–Kier alpha value is -1.79. The maximum atomic E-state index is 13.8. The normalized spacial score (nSPS) is 15.4. The number of halogens is 2. The summed E-state index contributed by atoms with van der Waals surface area (Å²) in [6.45, 7) is 1.73. The summed E-state index contributed by atoms with van der Waals surface area (Å²) in [4.78, 5) is 2.40. The van der Waals surface area contributed by atoms with Gasteiger partial charge >= 0.3 is 0 Å². The van der Waals surface area contributed by atoms with E-state index in [0.717, 1.165) is 17.2 Å². The lowest BCUT2D eigenvalue weighted by molar-refractivity contribution is 0.242. The second-order valence-corrected chi connectivity index (χ2v) is 7.91. The van der Waals surface area contributed by atoms with Gasteiger partial charge in [0.25, 0.3) is 0 Å². The first-order chi connectivity index (χ1) is 10.8. The summed E-state index contributed by atoms with van der Waals surface area (Å²) in [6, 6.07) is 8.77. The molecule has 0 amide bonds. The van der Waals surface area contributed by atoms with Crippen molar-refractivity contribution < 1.29 is 17.2 Å². The Morgan fingerprint density at radius 3 is 2.57 bits per heavy atom. The van der Waals surface area contributed by atoms with Crippen LogP contribution in [0.1, 0.15) is 16.7 Å². The maximum absolute atomic E-state index is 13.8. The maximum Gasteiger partial charge on any atom is 0.175 e. The summed E-state index contributed by atoms with van der Waals surface area (Å²) in [7, 11) is -3.21. The minimum absolute atomic E-state index is 0.328. The topological polar surface area (TPSA) is 37.4 Å². The van der Waals surface area contributed by atoms with Crippen LogP contribution in [0.15, 0.2) is 41.3 Å². The first kappa shape index (κ1) is 16.1. The zero-order valence-electron chi connectivity index (χ0n) is 12.7. The van der Waals surface area contributed by atoms with Gasteiger partial charge < -0.3 is 0 Å². The van der Waals surface area contributed by atoms with Gasteiger partial charge in [0.1, 0.15) is 11.6 Å². The summed E-state index contributed by atoms with van der Waals surface area (Å²) in [6.07, 6.45) is 1.91. The third-order valence-electron chi connectivity index (χ3n) is 4.11. The van der Waals surface area contributed by atoms with E-state index in [9.17, 15) is 17.2 Å². The Bertz CT molecular complexity index is 850. The van der Waals surface area contributed by atoms with Crippen molar-refractivity contribution in [3.05, 3.63) is 64.7 Å². The Balaban J connectivity index is 1.78. The number of nitrogens with zero attached hydrogens (tertiary/aromatic N) is 1. The number of sulfone groups is 1. The van der Waals surface area contributed by atoms with Gasteiger partial charge in [0.2, 0.25) is 0 Å². The van der Waals surface area contributed by atoms with Crippen LogP contribution in [0.25, 0.3) is 0 Å². The van der Waals surface area contributed by atoms with E-state index in [2.05, 4.69) is 4.90 Å². The predicted octanol–water partition coefficient (Wildman–Crippen LogP) is 2.93. The fourth-order valence-electron chi connectivity index (χ4n) is 2.84. The summed E-state index contributed by atoms with van der Waals surface area (Å²) in [5.74, 6) is -1.12. The van der Waals surface area contributed by atoms with Crippen molar-refractivity contribution in [1.82, 2.24) is 4.90 Å². The van der Waals surface area contributed by atoms with Crippen molar-refractivity contribution in [2.45, 2.75) is 24.4 Å². The molecule has 23 heavy (non-hydrogen) atoms. The van der Waals surface area contributed by atoms with Gasteiger partial charge in [0.15, 0.2) is 9.84 Å². The summed E-state index contributed by atoms with van der Waals surface area (Å²) >= 11 is 0. The molecule has 0 aromatic heterocycles. The van der Waals surface area contributed by atoms with E-state index in [1.807, 2.05) is 6.07 Å². The minimum Gasteiger partial charge on any atom is -0.294 e. The van der Waals surface area contributed by atoms with Crippen LogP contribution < -0.4 is 0 Å². The van der Waals surface area contributed by atoms with Crippen molar-refractivity contribution in [2.24, 2.45) is 0 Å². The molecule has 1 heterocycles. The van der Waals surface area contributed by atoms with Crippen molar-refractivity contribution in [2.75, 3.05) is 12.8 Å². The van der Waals surface area contributed by atoms with Gasteiger partial charge in [0.05, 0.1) is 4.90 Å². The fraction of sp³-hybridized carbons (Fsp3) is 0.294. The summed E-state index contributed by atoms with van der Waals surface area (Å²) in [5, 5.41) is 0.